The highest BCUT2D eigenvalue weighted by Gasteiger charge is 2.18. The van der Waals surface area contributed by atoms with E-state index in [0.29, 0.717) is 77.2 Å². The minimum Gasteiger partial charge on any atom is -0.461 e. The van der Waals surface area contributed by atoms with Crippen molar-refractivity contribution >= 4 is 36.2 Å². The second-order valence-electron chi connectivity index (χ2n) is 39.3. The van der Waals surface area contributed by atoms with Crippen molar-refractivity contribution in [3.63, 3.8) is 0 Å². The first kappa shape index (κ1) is 135. The maximum Gasteiger partial charge on any atom is 0.508 e. The zero-order chi connectivity index (χ0) is 101. The summed E-state index contributed by atoms with van der Waals surface area (Å²) in [6, 6.07) is 0. The van der Waals surface area contributed by atoms with Crippen LogP contribution >= 0.6 is 0 Å². The summed E-state index contributed by atoms with van der Waals surface area (Å²) in [5.74, 6) is 1.74. The van der Waals surface area contributed by atoms with Gasteiger partial charge < -0.3 is 67.3 Å². The van der Waals surface area contributed by atoms with Gasteiger partial charge in [0.25, 0.3) is 0 Å². The predicted molar refractivity (Wildman–Crippen MR) is 581 cm³/mol. The van der Waals surface area contributed by atoms with E-state index in [9.17, 15) is 28.8 Å². The Labute approximate surface area is 844 Å². The summed E-state index contributed by atoms with van der Waals surface area (Å²) in [7, 11) is 19.5. The summed E-state index contributed by atoms with van der Waals surface area (Å²) in [6.45, 7) is 26.1. The standard InChI is InChI=1S/C41H74N2O4.C39H74N2O6.C37H70N2O4/c1-6-8-10-12-14-22-28-36-46-40(44)32-26-20-16-18-24-30-39(38-43(5)35-34-42(3)4)31-25-19-17-21-27-33-41(45)47-37-29-23-15-13-11-9-7-2;1-6-8-10-12-14-18-24-32-44-38(42)46-34-26-20-16-22-28-37(36-41(5)31-30-40(3)4)29-23-17-21-27-35-47-39(43)45-33-25-19-15-13-11-9-7-2;1-6-8-10-12-14-16-24-32-42-36(40)28-22-18-20-26-35(34-39(5)31-30-38(3)4)27-21-19-23-29-37(41)43-33-25-17-15-13-11-9-7-2/h12-15,22-23,28-29,39H,6-11,16-21,24-27,30-38H2,1-5H3;18-19,24-25,37H,6-17,20-23,26-36H2,1-5H3;16-17,24-25,35H,6-15,18-23,26-34H2,1-5H3/b14-12+,15-13+,28-22+,29-23+;24-18+,25-19+;24-16+,25-17+. The van der Waals surface area contributed by atoms with Crippen LogP contribution in [0, 0.1) is 17.8 Å². The number of allylic oxidation sites excluding steroid dienone is 10. The molecule has 137 heavy (non-hydrogen) atoms. The van der Waals surface area contributed by atoms with E-state index in [1.807, 2.05) is 60.8 Å². The molecule has 20 heteroatoms. The van der Waals surface area contributed by atoms with E-state index in [4.69, 9.17) is 37.9 Å². The van der Waals surface area contributed by atoms with Crippen LogP contribution in [0.2, 0.25) is 0 Å². The number of carbonyl (C=O) groups excluding carboxylic acids is 6. The first-order valence-electron chi connectivity index (χ1n) is 56.1. The van der Waals surface area contributed by atoms with E-state index in [1.165, 1.54) is 218 Å². The van der Waals surface area contributed by atoms with Crippen molar-refractivity contribution in [2.24, 2.45) is 17.8 Å². The summed E-state index contributed by atoms with van der Waals surface area (Å²) in [4.78, 5) is 85.8. The minimum absolute atomic E-state index is 0.0763. The first-order chi connectivity index (χ1) is 66.7. The van der Waals surface area contributed by atoms with Gasteiger partial charge in [0.2, 0.25) is 0 Å². The molecule has 0 saturated carbocycles. The van der Waals surface area contributed by atoms with E-state index in [0.717, 1.165) is 206 Å². The smallest absolute Gasteiger partial charge is 0.461 e. The molecular weight excluding hydrogens is 1710 g/mol. The van der Waals surface area contributed by atoms with Gasteiger partial charge in [0, 0.05) is 84.6 Å². The number of carbonyl (C=O) groups is 6. The molecule has 0 aromatic heterocycles. The topological polar surface area (TPSA) is 196 Å². The molecule has 0 bridgehead atoms. The van der Waals surface area contributed by atoms with Crippen LogP contribution in [0.15, 0.2) is 97.2 Å². The zero-order valence-electron chi connectivity index (χ0n) is 91.8. The van der Waals surface area contributed by atoms with Gasteiger partial charge >= 0.3 is 36.2 Å². The van der Waals surface area contributed by atoms with Crippen LogP contribution in [-0.2, 0) is 57.1 Å². The molecule has 0 aliphatic carbocycles. The molecule has 0 aliphatic heterocycles. The molecule has 0 aliphatic rings. The van der Waals surface area contributed by atoms with Crippen molar-refractivity contribution in [3.05, 3.63) is 97.2 Å². The Morgan fingerprint density at radius 2 is 0.416 bits per heavy atom. The fourth-order valence-corrected chi connectivity index (χ4v) is 15.9. The lowest BCUT2D eigenvalue weighted by Gasteiger charge is -2.25. The van der Waals surface area contributed by atoms with Gasteiger partial charge in [0.1, 0.15) is 39.6 Å². The van der Waals surface area contributed by atoms with Gasteiger partial charge in [-0.15, -0.1) is 0 Å². The Balaban J connectivity index is -0.00000197. The van der Waals surface area contributed by atoms with Gasteiger partial charge in [-0.3, -0.25) is 19.2 Å². The summed E-state index contributed by atoms with van der Waals surface area (Å²) in [5.41, 5.74) is 0. The molecule has 0 radical (unpaired) electrons. The van der Waals surface area contributed by atoms with Crippen LogP contribution in [0.5, 0.6) is 0 Å². The number of unbranched alkanes of at least 4 members (excludes halogenated alkanes) is 38. The molecule has 0 spiro atoms. The molecule has 0 unspecified atom stereocenters. The van der Waals surface area contributed by atoms with Crippen molar-refractivity contribution in [2.45, 2.75) is 427 Å². The highest BCUT2D eigenvalue weighted by Crippen LogP contribution is 2.25. The van der Waals surface area contributed by atoms with Crippen molar-refractivity contribution in [1.29, 1.82) is 0 Å². The Kier molecular flexibility index (Phi) is 109. The fraction of sp³-hybridized carbons (Fsp3) is 0.812. The average Bonchev–Trinajstić information content (AvgIpc) is 0.963. The average molecular weight is 1930 g/mol. The monoisotopic (exact) mass is 1930 g/mol. The number of nitrogens with zero attached hydrogens (tertiary/aromatic N) is 6. The normalized spacial score (nSPS) is 12.1. The maximum atomic E-state index is 12.1. The molecule has 0 fully saturated rings. The molecule has 0 saturated heterocycles. The highest BCUT2D eigenvalue weighted by atomic mass is 16.7. The number of hydrogen-bond acceptors (Lipinski definition) is 20. The Morgan fingerprint density at radius 1 is 0.204 bits per heavy atom. The molecule has 0 rings (SSSR count). The van der Waals surface area contributed by atoms with Gasteiger partial charge in [0.15, 0.2) is 0 Å². The third kappa shape index (κ3) is 114. The minimum atomic E-state index is -0.566. The summed E-state index contributed by atoms with van der Waals surface area (Å²) < 4.78 is 42.1. The predicted octanol–water partition coefficient (Wildman–Crippen LogP) is 29.7. The Morgan fingerprint density at radius 3 is 0.679 bits per heavy atom. The molecule has 0 aromatic rings. The molecular formula is C117H218N6O14. The van der Waals surface area contributed by atoms with E-state index in [-0.39, 0.29) is 37.1 Å². The molecule has 800 valence electrons. The number of ether oxygens (including phenoxy) is 8. The van der Waals surface area contributed by atoms with Crippen molar-refractivity contribution in [3.8, 4) is 0 Å². The number of rotatable bonds is 97. The van der Waals surface area contributed by atoms with Gasteiger partial charge in [-0.25, -0.2) is 9.59 Å². The lowest BCUT2D eigenvalue weighted by atomic mass is 9.93. The van der Waals surface area contributed by atoms with Gasteiger partial charge in [0.05, 0.1) is 13.2 Å². The van der Waals surface area contributed by atoms with Crippen LogP contribution in [0.4, 0.5) is 9.59 Å². The van der Waals surface area contributed by atoms with E-state index < -0.39 is 12.3 Å². The third-order valence-corrected chi connectivity index (χ3v) is 24.7. The fourth-order valence-electron chi connectivity index (χ4n) is 15.9. The van der Waals surface area contributed by atoms with Gasteiger partial charge in [-0.2, -0.15) is 0 Å². The maximum absolute atomic E-state index is 12.1. The second-order valence-corrected chi connectivity index (χ2v) is 39.3. The van der Waals surface area contributed by atoms with Crippen LogP contribution in [0.25, 0.3) is 0 Å². The summed E-state index contributed by atoms with van der Waals surface area (Å²) in [6.07, 6.45) is 98.3. The number of esters is 4. The number of hydrogen-bond donors (Lipinski definition) is 0. The van der Waals surface area contributed by atoms with Crippen molar-refractivity contribution in [1.82, 2.24) is 29.4 Å². The van der Waals surface area contributed by atoms with Crippen LogP contribution < -0.4 is 0 Å². The molecule has 0 atom stereocenters. The quantitative estimate of drug-likeness (QED) is 0.0183. The lowest BCUT2D eigenvalue weighted by Crippen LogP contribution is -2.32. The van der Waals surface area contributed by atoms with E-state index in [2.05, 4.69) is 171 Å². The summed E-state index contributed by atoms with van der Waals surface area (Å²) >= 11 is 0. The largest absolute Gasteiger partial charge is 0.508 e. The number of likely N-dealkylation sites (N-methyl/N-ethyl adjacent to an activating group) is 6. The van der Waals surface area contributed by atoms with Crippen LogP contribution in [0.1, 0.15) is 427 Å². The SMILES string of the molecule is CCCC/C=C/C=C/COC(=O)CCCCCCCC(CCCCCCCC(=O)OC/C=C/C=C/CCCC)CN(C)CCN(C)C.CCCCCC/C=C/COC(=O)CCCCCC(CCCCCC(=O)OC/C=C/CCCCCC)CN(C)CCN(C)C.CCCCCC/C=C/COC(=O)OCCCCCCC(CCCCCCOC(=O)OC/C=C/CCCCCC)CN(C)CCN(C)C. The Bertz CT molecular complexity index is 2720. The van der Waals surface area contributed by atoms with Crippen molar-refractivity contribution in [2.75, 3.05) is 175 Å². The molecule has 0 heterocycles. The Hall–Kier alpha value is -5.90. The molecule has 20 nitrogen and oxygen atoms in total. The van der Waals surface area contributed by atoms with Crippen LogP contribution in [0.3, 0.4) is 0 Å². The van der Waals surface area contributed by atoms with Gasteiger partial charge in [-0.05, 0) is 235 Å². The lowest BCUT2D eigenvalue weighted by molar-refractivity contribution is -0.143. The molecule has 0 aromatic carbocycles. The third-order valence-electron chi connectivity index (χ3n) is 24.7. The highest BCUT2D eigenvalue weighted by molar-refractivity contribution is 5.70. The van der Waals surface area contributed by atoms with E-state index >= 15 is 0 Å². The van der Waals surface area contributed by atoms with Crippen LogP contribution in [-0.4, -0.2) is 241 Å². The molecule has 0 N–H and O–H groups in total. The first-order valence-corrected chi connectivity index (χ1v) is 56.1. The van der Waals surface area contributed by atoms with E-state index in [1.54, 1.807) is 0 Å². The zero-order valence-corrected chi connectivity index (χ0v) is 91.8. The second kappa shape index (κ2) is 110. The van der Waals surface area contributed by atoms with Crippen molar-refractivity contribution < 1.29 is 66.7 Å². The van der Waals surface area contributed by atoms with Gasteiger partial charge in [-0.1, -0.05) is 345 Å². The summed E-state index contributed by atoms with van der Waals surface area (Å²) in [5, 5.41) is 0. The molecule has 0 amide bonds.